The van der Waals surface area contributed by atoms with Gasteiger partial charge in [-0.2, -0.15) is 5.10 Å². The monoisotopic (exact) mass is 339 g/mol. The van der Waals surface area contributed by atoms with Crippen molar-refractivity contribution in [3.63, 3.8) is 0 Å². The van der Waals surface area contributed by atoms with Gasteiger partial charge in [0.1, 0.15) is 0 Å². The van der Waals surface area contributed by atoms with Crippen molar-refractivity contribution in [3.05, 3.63) is 17.8 Å². The first kappa shape index (κ1) is 17.0. The Morgan fingerprint density at radius 1 is 1.33 bits per heavy atom. The summed E-state index contributed by atoms with van der Waals surface area (Å²) in [7, 11) is 1.97. The maximum Gasteiger partial charge on any atom is 0.262 e. The highest BCUT2D eigenvalue weighted by Crippen LogP contribution is 2.27. The number of carbonyl (C=O) groups is 1. The Labute approximate surface area is 140 Å². The molecule has 132 valence electrons. The Hall–Kier alpha value is -1.83. The van der Waals surface area contributed by atoms with Crippen LogP contribution in [0.1, 0.15) is 25.0 Å². The number of hydrogen-bond donors (Lipinski definition) is 1. The molecule has 6 nitrogen and oxygen atoms in total. The van der Waals surface area contributed by atoms with E-state index in [-0.39, 0.29) is 11.9 Å². The van der Waals surface area contributed by atoms with E-state index in [1.165, 1.54) is 0 Å². The Kier molecular flexibility index (Phi) is 4.67. The quantitative estimate of drug-likeness (QED) is 0.897. The van der Waals surface area contributed by atoms with Crippen molar-refractivity contribution in [3.8, 4) is 0 Å². The summed E-state index contributed by atoms with van der Waals surface area (Å²) in [6.45, 7) is 2.64. The van der Waals surface area contributed by atoms with Crippen LogP contribution in [-0.2, 0) is 4.79 Å². The van der Waals surface area contributed by atoms with Crippen LogP contribution in [0.3, 0.4) is 0 Å². The molecule has 0 saturated carbocycles. The zero-order valence-corrected chi connectivity index (χ0v) is 14.0. The average molecular weight is 339 g/mol. The second-order valence-electron chi connectivity index (χ2n) is 6.69. The topological polar surface area (TPSA) is 61.4 Å². The minimum Gasteiger partial charge on any atom is -0.355 e. The van der Waals surface area contributed by atoms with Crippen LogP contribution in [0.25, 0.3) is 0 Å². The van der Waals surface area contributed by atoms with Crippen molar-refractivity contribution in [2.75, 3.05) is 31.6 Å². The molecule has 1 aromatic rings. The van der Waals surface area contributed by atoms with Gasteiger partial charge < -0.3 is 9.80 Å². The van der Waals surface area contributed by atoms with Crippen molar-refractivity contribution < 1.29 is 13.6 Å². The molecule has 8 heteroatoms. The fraction of sp³-hybridized carbons (Fsp3) is 0.688. The number of anilines is 1. The maximum absolute atomic E-state index is 13.3. The van der Waals surface area contributed by atoms with E-state index in [1.54, 1.807) is 4.90 Å². The number of halogens is 2. The van der Waals surface area contributed by atoms with Gasteiger partial charge in [0.05, 0.1) is 18.3 Å². The number of carbonyl (C=O) groups excluding carboxylic acids is 1. The van der Waals surface area contributed by atoms with Gasteiger partial charge in [-0.1, -0.05) is 0 Å². The summed E-state index contributed by atoms with van der Waals surface area (Å²) in [6, 6.07) is 3.37. The van der Waals surface area contributed by atoms with Crippen LogP contribution < -0.4 is 10.2 Å². The van der Waals surface area contributed by atoms with E-state index in [0.717, 1.165) is 24.4 Å². The predicted molar refractivity (Wildman–Crippen MR) is 86.1 cm³/mol. The summed E-state index contributed by atoms with van der Waals surface area (Å²) in [5.41, 5.74) is 0.869. The number of piperidine rings is 1. The number of amides is 1. The zero-order valence-electron chi connectivity index (χ0n) is 14.0. The summed E-state index contributed by atoms with van der Waals surface area (Å²) in [5, 5.41) is 10.9. The third-order valence-electron chi connectivity index (χ3n) is 4.88. The lowest BCUT2D eigenvalue weighted by Crippen LogP contribution is -2.50. The number of aryl methyl sites for hydroxylation is 1. The molecule has 0 radical (unpaired) electrons. The number of likely N-dealkylation sites (tertiary alicyclic amines) is 1. The van der Waals surface area contributed by atoms with E-state index < -0.39 is 24.9 Å². The lowest BCUT2D eigenvalue weighted by molar-refractivity contribution is -0.134. The summed E-state index contributed by atoms with van der Waals surface area (Å²) in [5.74, 6) is -2.17. The van der Waals surface area contributed by atoms with E-state index >= 15 is 0 Å². The zero-order chi connectivity index (χ0) is 17.3. The average Bonchev–Trinajstić information content (AvgIpc) is 2.94. The molecule has 2 aliphatic rings. The van der Waals surface area contributed by atoms with Gasteiger partial charge in [0.2, 0.25) is 5.91 Å². The molecule has 0 spiro atoms. The Morgan fingerprint density at radius 3 is 2.58 bits per heavy atom. The number of hydrogen-bond acceptors (Lipinski definition) is 5. The third-order valence-corrected chi connectivity index (χ3v) is 4.88. The fourth-order valence-electron chi connectivity index (χ4n) is 3.35. The molecule has 2 fully saturated rings. The fourth-order valence-corrected chi connectivity index (χ4v) is 3.35. The van der Waals surface area contributed by atoms with Gasteiger partial charge in [-0.15, -0.1) is 5.10 Å². The first-order valence-corrected chi connectivity index (χ1v) is 8.29. The molecule has 3 rings (SSSR count). The van der Waals surface area contributed by atoms with Crippen LogP contribution >= 0.6 is 0 Å². The van der Waals surface area contributed by atoms with Gasteiger partial charge in [0.15, 0.2) is 5.82 Å². The highest BCUT2D eigenvalue weighted by atomic mass is 19.3. The third kappa shape index (κ3) is 3.63. The molecule has 1 unspecified atom stereocenters. The van der Waals surface area contributed by atoms with Gasteiger partial charge in [-0.05, 0) is 31.9 Å². The smallest absolute Gasteiger partial charge is 0.262 e. The molecular weight excluding hydrogens is 316 g/mol. The van der Waals surface area contributed by atoms with E-state index in [9.17, 15) is 13.6 Å². The van der Waals surface area contributed by atoms with Crippen molar-refractivity contribution in [1.29, 1.82) is 0 Å². The first-order valence-electron chi connectivity index (χ1n) is 8.29. The van der Waals surface area contributed by atoms with Crippen LogP contribution in [0.15, 0.2) is 12.1 Å². The van der Waals surface area contributed by atoms with E-state index in [2.05, 4.69) is 20.4 Å². The molecule has 2 aliphatic heterocycles. The maximum atomic E-state index is 13.3. The van der Waals surface area contributed by atoms with Crippen LogP contribution in [0.4, 0.5) is 14.6 Å². The first-order chi connectivity index (χ1) is 11.4. The highest BCUT2D eigenvalue weighted by Gasteiger charge is 2.44. The number of alkyl halides is 2. The molecule has 0 bridgehead atoms. The highest BCUT2D eigenvalue weighted by molar-refractivity contribution is 5.82. The molecule has 3 heterocycles. The molecule has 1 atom stereocenters. The van der Waals surface area contributed by atoms with Crippen molar-refractivity contribution in [2.45, 2.75) is 44.2 Å². The van der Waals surface area contributed by atoms with Gasteiger partial charge in [-0.25, -0.2) is 8.78 Å². The summed E-state index contributed by atoms with van der Waals surface area (Å²) in [6.07, 6.45) is 1.19. The largest absolute Gasteiger partial charge is 0.355 e. The molecule has 1 N–H and O–H groups in total. The molecule has 0 aromatic carbocycles. The van der Waals surface area contributed by atoms with E-state index in [1.807, 2.05) is 26.1 Å². The molecular formula is C16H23F2N5O. The Morgan fingerprint density at radius 2 is 2.04 bits per heavy atom. The van der Waals surface area contributed by atoms with Crippen molar-refractivity contribution in [2.24, 2.45) is 0 Å². The van der Waals surface area contributed by atoms with Gasteiger partial charge in [0.25, 0.3) is 5.92 Å². The lowest BCUT2D eigenvalue weighted by atomic mass is 10.0. The van der Waals surface area contributed by atoms with Crippen LogP contribution in [0.2, 0.25) is 0 Å². The van der Waals surface area contributed by atoms with Crippen molar-refractivity contribution in [1.82, 2.24) is 20.4 Å². The van der Waals surface area contributed by atoms with E-state index in [0.29, 0.717) is 13.1 Å². The van der Waals surface area contributed by atoms with Crippen molar-refractivity contribution >= 4 is 11.7 Å². The van der Waals surface area contributed by atoms with Gasteiger partial charge in [0, 0.05) is 32.6 Å². The lowest BCUT2D eigenvalue weighted by Gasteiger charge is -2.38. The second kappa shape index (κ2) is 6.58. The second-order valence-corrected chi connectivity index (χ2v) is 6.69. The number of rotatable bonds is 3. The minimum absolute atomic E-state index is 0.205. The van der Waals surface area contributed by atoms with Crippen LogP contribution in [-0.4, -0.2) is 65.7 Å². The summed E-state index contributed by atoms with van der Waals surface area (Å²) < 4.78 is 26.5. The van der Waals surface area contributed by atoms with E-state index in [4.69, 9.17) is 0 Å². The van der Waals surface area contributed by atoms with Gasteiger partial charge >= 0.3 is 0 Å². The number of nitrogens with zero attached hydrogens (tertiary/aromatic N) is 4. The SMILES string of the molecule is Cc1ccc(N(C)C2CCN(C(=O)C3CC(F)(F)CN3)CC2)nn1. The molecule has 0 aliphatic carbocycles. The molecule has 2 saturated heterocycles. The van der Waals surface area contributed by atoms with Crippen LogP contribution in [0.5, 0.6) is 0 Å². The molecule has 1 aromatic heterocycles. The normalized spacial score (nSPS) is 24.2. The van der Waals surface area contributed by atoms with Gasteiger partial charge in [-0.3, -0.25) is 10.1 Å². The predicted octanol–water partition coefficient (Wildman–Crippen LogP) is 1.21. The summed E-state index contributed by atoms with van der Waals surface area (Å²) in [4.78, 5) is 16.1. The summed E-state index contributed by atoms with van der Waals surface area (Å²) >= 11 is 0. The molecule has 24 heavy (non-hydrogen) atoms. The van der Waals surface area contributed by atoms with Crippen LogP contribution in [0, 0.1) is 6.92 Å². The number of aromatic nitrogens is 2. The standard InChI is InChI=1S/C16H23F2N5O/c1-11-3-4-14(21-20-11)22(2)12-5-7-23(8-6-12)15(24)13-9-16(17,18)10-19-13/h3-4,12-13,19H,5-10H2,1-2H3. The minimum atomic E-state index is -2.77. The Balaban J connectivity index is 1.54. The number of nitrogens with one attached hydrogen (secondary N) is 1. The Bertz CT molecular complexity index is 587. The molecule has 1 amide bonds.